The van der Waals surface area contributed by atoms with Crippen LogP contribution in [-0.4, -0.2) is 129 Å². The van der Waals surface area contributed by atoms with E-state index < -0.39 is 0 Å². The molecular weight excluding hydrogens is 354 g/mol. The van der Waals surface area contributed by atoms with Gasteiger partial charge in [0.2, 0.25) is 11.8 Å². The second-order valence-electron chi connectivity index (χ2n) is 10.4. The number of hydrogen-bond donors (Lipinski definition) is 0. The van der Waals surface area contributed by atoms with E-state index in [1.165, 1.54) is 0 Å². The van der Waals surface area contributed by atoms with Gasteiger partial charge in [-0.2, -0.15) is 0 Å². The molecule has 0 unspecified atom stereocenters. The first-order valence-corrected chi connectivity index (χ1v) is 10.6. The molecular formula is C21H42N5O2+. The second-order valence-corrected chi connectivity index (χ2v) is 10.4. The number of carbonyl (C=O) groups is 2. The summed E-state index contributed by atoms with van der Waals surface area (Å²) in [7, 11) is 17.3. The van der Waals surface area contributed by atoms with Gasteiger partial charge >= 0.3 is 0 Å². The molecule has 0 spiro atoms. The Kier molecular flexibility index (Phi) is 7.50. The van der Waals surface area contributed by atoms with Gasteiger partial charge in [-0.15, -0.1) is 0 Å². The van der Waals surface area contributed by atoms with E-state index in [1.807, 2.05) is 9.80 Å². The summed E-state index contributed by atoms with van der Waals surface area (Å²) >= 11 is 0. The standard InChI is InChI=1S/C21H42N5O2/c1-22(16-20(27)23-12-8-18(9-13-23)25(2,3)4)17-21(28)24-14-10-19(11-15-24)26(5,6)7/h18-19H,1,8-17H2,2-7H3/q+1. The molecule has 7 heteroatoms. The van der Waals surface area contributed by atoms with E-state index >= 15 is 0 Å². The maximum Gasteiger partial charge on any atom is 0.234 e. The number of likely N-dealkylation sites (tertiary alicyclic amines) is 2. The van der Waals surface area contributed by atoms with Crippen LogP contribution in [0.15, 0.2) is 0 Å². The molecule has 2 amide bonds. The van der Waals surface area contributed by atoms with E-state index in [1.54, 1.807) is 4.90 Å². The summed E-state index contributed by atoms with van der Waals surface area (Å²) in [4.78, 5) is 30.7. The Morgan fingerprint density at radius 2 is 1.04 bits per heavy atom. The topological polar surface area (TPSA) is 43.9 Å². The first-order valence-electron chi connectivity index (χ1n) is 10.6. The first-order chi connectivity index (χ1) is 12.9. The average molecular weight is 397 g/mol. The number of carbonyl (C=O) groups excluding carboxylic acids is 2. The van der Waals surface area contributed by atoms with Gasteiger partial charge in [-0.1, -0.05) is 0 Å². The van der Waals surface area contributed by atoms with E-state index in [2.05, 4.69) is 49.3 Å². The fourth-order valence-electron chi connectivity index (χ4n) is 4.42. The van der Waals surface area contributed by atoms with Crippen LogP contribution in [0.2, 0.25) is 0 Å². The molecule has 0 aromatic heterocycles. The van der Waals surface area contributed by atoms with Crippen molar-refractivity contribution in [3.8, 4) is 0 Å². The zero-order valence-corrected chi connectivity index (χ0v) is 19.0. The lowest BCUT2D eigenvalue weighted by atomic mass is 10.0. The fourth-order valence-corrected chi connectivity index (χ4v) is 4.42. The molecule has 0 saturated carbocycles. The maximum atomic E-state index is 12.6. The molecule has 0 atom stereocenters. The van der Waals surface area contributed by atoms with Crippen molar-refractivity contribution in [1.29, 1.82) is 0 Å². The Morgan fingerprint density at radius 1 is 0.750 bits per heavy atom. The third kappa shape index (κ3) is 6.42. The lowest BCUT2D eigenvalue weighted by molar-refractivity contribution is -0.897. The van der Waals surface area contributed by atoms with E-state index in [9.17, 15) is 9.59 Å². The lowest BCUT2D eigenvalue weighted by Crippen LogP contribution is -2.54. The van der Waals surface area contributed by atoms with Crippen molar-refractivity contribution in [2.75, 3.05) is 81.6 Å². The number of amides is 2. The summed E-state index contributed by atoms with van der Waals surface area (Å²) in [5, 5.41) is 0. The number of nitrogens with zero attached hydrogens (tertiary/aromatic N) is 5. The van der Waals surface area contributed by atoms with E-state index in [0.717, 1.165) is 60.8 Å². The minimum absolute atomic E-state index is 0.0893. The summed E-state index contributed by atoms with van der Waals surface area (Å²) in [6, 6.07) is 1.22. The zero-order valence-electron chi connectivity index (χ0n) is 19.0. The predicted molar refractivity (Wildman–Crippen MR) is 112 cm³/mol. The normalized spacial score (nSPS) is 20.7. The molecule has 0 aromatic rings. The van der Waals surface area contributed by atoms with Crippen LogP contribution < -0.4 is 0 Å². The average Bonchev–Trinajstić information content (AvgIpc) is 2.60. The van der Waals surface area contributed by atoms with Gasteiger partial charge in [0.05, 0.1) is 67.5 Å². The highest BCUT2D eigenvalue weighted by molar-refractivity contribution is 5.81. The first kappa shape index (κ1) is 23.1. The van der Waals surface area contributed by atoms with Crippen molar-refractivity contribution >= 4 is 11.8 Å². The van der Waals surface area contributed by atoms with E-state index in [4.69, 9.17) is 0 Å². The number of rotatable bonds is 6. The smallest absolute Gasteiger partial charge is 0.234 e. The van der Waals surface area contributed by atoms with Gasteiger partial charge in [-0.3, -0.25) is 16.6 Å². The summed E-state index contributed by atoms with van der Waals surface area (Å²) in [5.74, 6) is 0.179. The van der Waals surface area contributed by atoms with Crippen LogP contribution in [0.3, 0.4) is 0 Å². The predicted octanol–water partition coefficient (Wildman–Crippen LogP) is 0.474. The van der Waals surface area contributed by atoms with Crippen LogP contribution in [0.5, 0.6) is 0 Å². The Labute approximate surface area is 172 Å². The van der Waals surface area contributed by atoms with Crippen LogP contribution in [-0.2, 0) is 9.59 Å². The third-order valence-electron chi connectivity index (χ3n) is 6.54. The molecule has 0 aliphatic carbocycles. The number of hydrogen-bond acceptors (Lipinski definition) is 3. The monoisotopic (exact) mass is 396 g/mol. The zero-order chi connectivity index (χ0) is 21.1. The number of piperidine rings is 2. The van der Waals surface area contributed by atoms with Gasteiger partial charge in [-0.25, -0.2) is 0 Å². The Balaban J connectivity index is 1.73. The van der Waals surface area contributed by atoms with Gasteiger partial charge in [0, 0.05) is 51.9 Å². The molecule has 2 rings (SSSR count). The van der Waals surface area contributed by atoms with Crippen LogP contribution in [0.1, 0.15) is 25.7 Å². The summed E-state index contributed by atoms with van der Waals surface area (Å²) in [5.41, 5.74) is 0. The lowest BCUT2D eigenvalue weighted by Gasteiger charge is -2.41. The molecule has 0 N–H and O–H groups in total. The molecule has 7 nitrogen and oxygen atoms in total. The van der Waals surface area contributed by atoms with Crippen molar-refractivity contribution in [3.05, 3.63) is 7.05 Å². The largest absolute Gasteiger partial charge is 0.444 e. The summed E-state index contributed by atoms with van der Waals surface area (Å²) in [6.45, 7) is 3.66. The Hall–Kier alpha value is -1.18. The van der Waals surface area contributed by atoms with Gasteiger partial charge in [0.1, 0.15) is 0 Å². The van der Waals surface area contributed by atoms with E-state index in [-0.39, 0.29) is 24.9 Å². The third-order valence-corrected chi connectivity index (χ3v) is 6.54. The minimum atomic E-state index is 0.0893. The van der Waals surface area contributed by atoms with Gasteiger partial charge in [0.25, 0.3) is 0 Å². The maximum absolute atomic E-state index is 12.6. The highest BCUT2D eigenvalue weighted by atomic mass is 16.2. The highest BCUT2D eigenvalue weighted by Crippen LogP contribution is 2.20. The van der Waals surface area contributed by atoms with Crippen LogP contribution >= 0.6 is 0 Å². The molecule has 2 heterocycles. The molecule has 2 aliphatic rings. The van der Waals surface area contributed by atoms with Crippen molar-refractivity contribution in [2.45, 2.75) is 37.8 Å². The van der Waals surface area contributed by atoms with Crippen molar-refractivity contribution in [2.24, 2.45) is 0 Å². The molecule has 28 heavy (non-hydrogen) atoms. The molecule has 0 aromatic carbocycles. The van der Waals surface area contributed by atoms with Gasteiger partial charge in [0.15, 0.2) is 0 Å². The summed E-state index contributed by atoms with van der Waals surface area (Å²) < 4.78 is 1.89. The van der Waals surface area contributed by atoms with Crippen molar-refractivity contribution in [1.82, 2.24) is 14.7 Å². The van der Waals surface area contributed by atoms with Crippen LogP contribution in [0, 0.1) is 7.05 Å². The Morgan fingerprint density at radius 3 is 1.29 bits per heavy atom. The van der Waals surface area contributed by atoms with E-state index in [0.29, 0.717) is 12.1 Å². The van der Waals surface area contributed by atoms with Crippen molar-refractivity contribution < 1.29 is 18.6 Å². The fraction of sp³-hybridized carbons (Fsp3) is 0.857. The van der Waals surface area contributed by atoms with Crippen LogP contribution in [0.4, 0.5) is 0 Å². The summed E-state index contributed by atoms with van der Waals surface area (Å²) in [6.07, 6.45) is 4.14. The molecule has 0 radical (unpaired) electrons. The van der Waals surface area contributed by atoms with Gasteiger partial charge < -0.3 is 23.7 Å². The quantitative estimate of drug-likeness (QED) is 0.484. The molecule has 2 aliphatic heterocycles. The van der Waals surface area contributed by atoms with Crippen LogP contribution in [0.25, 0.3) is 0 Å². The van der Waals surface area contributed by atoms with Gasteiger partial charge in [-0.05, 0) is 0 Å². The van der Waals surface area contributed by atoms with Crippen molar-refractivity contribution in [3.63, 3.8) is 0 Å². The minimum Gasteiger partial charge on any atom is -0.444 e. The molecule has 2 fully saturated rings. The Bertz CT molecular complexity index is 488. The SMILES string of the molecule is [CH2-]N(CC(=O)N1CCC([N+](C)(C)C)CC1)CC(=O)N1CCC([N+](C)(C)C)CC1. The molecule has 0 bridgehead atoms. The molecule has 162 valence electrons. The molecule has 2 saturated heterocycles. The second kappa shape index (κ2) is 9.09. The highest BCUT2D eigenvalue weighted by Gasteiger charge is 2.32. The number of quaternary nitrogens is 2.